The third-order valence-electron chi connectivity index (χ3n) is 2.60. The lowest BCUT2D eigenvalue weighted by atomic mass is 10.1. The van der Waals surface area contributed by atoms with Gasteiger partial charge < -0.3 is 4.74 Å². The largest absolute Gasteiger partial charge is 0.461 e. The van der Waals surface area contributed by atoms with Gasteiger partial charge in [-0.3, -0.25) is 0 Å². The molecule has 0 saturated heterocycles. The van der Waals surface area contributed by atoms with E-state index in [2.05, 4.69) is 4.99 Å². The van der Waals surface area contributed by atoms with Crippen LogP contribution in [0.3, 0.4) is 0 Å². The Balaban J connectivity index is 2.48. The van der Waals surface area contributed by atoms with E-state index in [0.29, 0.717) is 21.3 Å². The molecule has 0 bridgehead atoms. The summed E-state index contributed by atoms with van der Waals surface area (Å²) in [6.45, 7) is 2.03. The zero-order valence-corrected chi connectivity index (χ0v) is 12.9. The fourth-order valence-electron chi connectivity index (χ4n) is 1.76. The van der Waals surface area contributed by atoms with Gasteiger partial charge in [-0.15, -0.1) is 0 Å². The van der Waals surface area contributed by atoms with Gasteiger partial charge in [0.2, 0.25) is 0 Å². The first-order chi connectivity index (χ1) is 10.1. The Hall–Kier alpha value is -1.84. The summed E-state index contributed by atoms with van der Waals surface area (Å²) in [5, 5.41) is 0.912. The molecular weight excluding hydrogens is 309 g/mol. The molecule has 0 aliphatic heterocycles. The Kier molecular flexibility index (Phi) is 5.37. The van der Waals surface area contributed by atoms with Crippen LogP contribution in [0.4, 0.5) is 5.69 Å². The second-order valence-electron chi connectivity index (χ2n) is 4.17. The Morgan fingerprint density at radius 3 is 2.29 bits per heavy atom. The fourth-order valence-corrected chi connectivity index (χ4v) is 2.27. The molecule has 0 aliphatic carbocycles. The molecule has 0 N–H and O–H groups in total. The first kappa shape index (κ1) is 15.5. The first-order valence-electron chi connectivity index (χ1n) is 6.37. The summed E-state index contributed by atoms with van der Waals surface area (Å²) in [7, 11) is 0. The van der Waals surface area contributed by atoms with Crippen LogP contribution in [0.5, 0.6) is 0 Å². The summed E-state index contributed by atoms with van der Waals surface area (Å²) in [5.41, 5.74) is 1.39. The Labute approximate surface area is 133 Å². The predicted octanol–water partition coefficient (Wildman–Crippen LogP) is 4.68. The fraction of sp³-hybridized carbons (Fsp3) is 0.125. The summed E-state index contributed by atoms with van der Waals surface area (Å²) in [5.74, 6) is -0.486. The molecule has 0 radical (unpaired) electrons. The highest BCUT2D eigenvalue weighted by Crippen LogP contribution is 2.25. The SMILES string of the molecule is CCOC(=O)/C(=N/c1cc(Cl)cc(Cl)c1)c1ccccc1. The van der Waals surface area contributed by atoms with Gasteiger partial charge in [0.25, 0.3) is 0 Å². The minimum Gasteiger partial charge on any atom is -0.461 e. The van der Waals surface area contributed by atoms with Gasteiger partial charge in [0.15, 0.2) is 5.71 Å². The van der Waals surface area contributed by atoms with Gasteiger partial charge in [0, 0.05) is 15.6 Å². The molecular formula is C16H13Cl2NO2. The van der Waals surface area contributed by atoms with Crippen molar-refractivity contribution in [2.45, 2.75) is 6.92 Å². The third kappa shape index (κ3) is 4.31. The van der Waals surface area contributed by atoms with E-state index >= 15 is 0 Å². The number of benzene rings is 2. The van der Waals surface area contributed by atoms with Crippen LogP contribution in [-0.2, 0) is 9.53 Å². The van der Waals surface area contributed by atoms with Gasteiger partial charge in [0.1, 0.15) is 0 Å². The van der Waals surface area contributed by atoms with E-state index < -0.39 is 5.97 Å². The van der Waals surface area contributed by atoms with Gasteiger partial charge in [0.05, 0.1) is 12.3 Å². The van der Waals surface area contributed by atoms with Crippen molar-refractivity contribution >= 4 is 40.6 Å². The Bertz CT molecular complexity index is 649. The minimum atomic E-state index is -0.486. The molecule has 2 aromatic carbocycles. The summed E-state index contributed by atoms with van der Waals surface area (Å²) in [6, 6.07) is 14.0. The van der Waals surface area contributed by atoms with E-state index in [1.807, 2.05) is 18.2 Å². The van der Waals surface area contributed by atoms with Gasteiger partial charge >= 0.3 is 5.97 Å². The maximum absolute atomic E-state index is 12.1. The number of nitrogens with zero attached hydrogens (tertiary/aromatic N) is 1. The molecule has 0 aliphatic rings. The molecule has 3 nitrogen and oxygen atoms in total. The highest BCUT2D eigenvalue weighted by Gasteiger charge is 2.15. The summed E-state index contributed by atoms with van der Waals surface area (Å²) >= 11 is 11.9. The second kappa shape index (κ2) is 7.25. The van der Waals surface area contributed by atoms with Crippen molar-refractivity contribution in [1.82, 2.24) is 0 Å². The van der Waals surface area contributed by atoms with Crippen LogP contribution in [0, 0.1) is 0 Å². The zero-order valence-electron chi connectivity index (χ0n) is 11.3. The summed E-state index contributed by atoms with van der Waals surface area (Å²) < 4.78 is 5.06. The summed E-state index contributed by atoms with van der Waals surface area (Å²) in [4.78, 5) is 16.4. The maximum Gasteiger partial charge on any atom is 0.357 e. The number of hydrogen-bond donors (Lipinski definition) is 0. The molecule has 0 heterocycles. The van der Waals surface area contributed by atoms with E-state index in [0.717, 1.165) is 0 Å². The molecule has 2 aromatic rings. The van der Waals surface area contributed by atoms with E-state index in [1.54, 1.807) is 37.3 Å². The lowest BCUT2D eigenvalue weighted by molar-refractivity contribution is -0.134. The van der Waals surface area contributed by atoms with E-state index in [-0.39, 0.29) is 12.3 Å². The monoisotopic (exact) mass is 321 g/mol. The second-order valence-corrected chi connectivity index (χ2v) is 5.05. The van der Waals surface area contributed by atoms with Crippen LogP contribution >= 0.6 is 23.2 Å². The number of carbonyl (C=O) groups is 1. The number of rotatable bonds is 4. The van der Waals surface area contributed by atoms with E-state index in [4.69, 9.17) is 27.9 Å². The summed E-state index contributed by atoms with van der Waals surface area (Å²) in [6.07, 6.45) is 0. The van der Waals surface area contributed by atoms with Crippen molar-refractivity contribution in [3.05, 3.63) is 64.1 Å². The number of ether oxygens (including phenoxy) is 1. The zero-order chi connectivity index (χ0) is 15.2. The predicted molar refractivity (Wildman–Crippen MR) is 85.7 cm³/mol. The van der Waals surface area contributed by atoms with Crippen LogP contribution in [-0.4, -0.2) is 18.3 Å². The standard InChI is InChI=1S/C16H13Cl2NO2/c1-2-21-16(20)15(11-6-4-3-5-7-11)19-14-9-12(17)8-13(18)10-14/h3-10H,2H2,1H3/b19-15+. The van der Waals surface area contributed by atoms with E-state index in [9.17, 15) is 4.79 Å². The molecule has 0 spiro atoms. The van der Waals surface area contributed by atoms with Gasteiger partial charge in [-0.25, -0.2) is 9.79 Å². The highest BCUT2D eigenvalue weighted by molar-refractivity contribution is 6.44. The van der Waals surface area contributed by atoms with Crippen molar-refractivity contribution in [1.29, 1.82) is 0 Å². The maximum atomic E-state index is 12.1. The highest BCUT2D eigenvalue weighted by atomic mass is 35.5. The lowest BCUT2D eigenvalue weighted by Crippen LogP contribution is -2.18. The minimum absolute atomic E-state index is 0.218. The normalized spacial score (nSPS) is 11.3. The van der Waals surface area contributed by atoms with Gasteiger partial charge in [-0.2, -0.15) is 0 Å². The molecule has 0 atom stereocenters. The van der Waals surface area contributed by atoms with Crippen molar-refractivity contribution in [2.24, 2.45) is 4.99 Å². The molecule has 108 valence electrons. The van der Waals surface area contributed by atoms with Crippen LogP contribution < -0.4 is 0 Å². The van der Waals surface area contributed by atoms with Crippen LogP contribution in [0.25, 0.3) is 0 Å². The van der Waals surface area contributed by atoms with Crippen molar-refractivity contribution in [3.63, 3.8) is 0 Å². The third-order valence-corrected chi connectivity index (χ3v) is 3.04. The number of carbonyl (C=O) groups excluding carboxylic acids is 1. The van der Waals surface area contributed by atoms with Crippen LogP contribution in [0.15, 0.2) is 53.5 Å². The molecule has 0 fully saturated rings. The van der Waals surface area contributed by atoms with Crippen molar-refractivity contribution in [2.75, 3.05) is 6.61 Å². The van der Waals surface area contributed by atoms with Gasteiger partial charge in [-0.1, -0.05) is 53.5 Å². The van der Waals surface area contributed by atoms with Crippen molar-refractivity contribution in [3.8, 4) is 0 Å². The molecule has 0 saturated carbocycles. The Morgan fingerprint density at radius 2 is 1.71 bits per heavy atom. The van der Waals surface area contributed by atoms with Crippen LogP contribution in [0.2, 0.25) is 10.0 Å². The number of halogens is 2. The Morgan fingerprint density at radius 1 is 1.10 bits per heavy atom. The number of hydrogen-bond acceptors (Lipinski definition) is 3. The van der Waals surface area contributed by atoms with Gasteiger partial charge in [-0.05, 0) is 25.1 Å². The smallest absolute Gasteiger partial charge is 0.357 e. The average Bonchev–Trinajstić information content (AvgIpc) is 2.45. The average molecular weight is 322 g/mol. The molecule has 21 heavy (non-hydrogen) atoms. The van der Waals surface area contributed by atoms with Crippen LogP contribution in [0.1, 0.15) is 12.5 Å². The lowest BCUT2D eigenvalue weighted by Gasteiger charge is -2.07. The number of esters is 1. The van der Waals surface area contributed by atoms with E-state index in [1.165, 1.54) is 0 Å². The quantitative estimate of drug-likeness (QED) is 0.606. The molecule has 0 amide bonds. The topological polar surface area (TPSA) is 38.7 Å². The first-order valence-corrected chi connectivity index (χ1v) is 7.13. The molecule has 0 unspecified atom stereocenters. The number of aliphatic imine (C=N–C) groups is 1. The molecule has 2 rings (SSSR count). The van der Waals surface area contributed by atoms with Crippen molar-refractivity contribution < 1.29 is 9.53 Å². The molecule has 0 aromatic heterocycles. The molecule has 5 heteroatoms.